The Balaban J connectivity index is 0.991. The lowest BCUT2D eigenvalue weighted by atomic mass is 9.84. The fourth-order valence-electron chi connectivity index (χ4n) is 8.30. The molecule has 3 aliphatic rings. The molecule has 13 nitrogen and oxygen atoms in total. The van der Waals surface area contributed by atoms with Crippen LogP contribution in [0.1, 0.15) is 52.3 Å². The lowest BCUT2D eigenvalue weighted by Gasteiger charge is -2.46. The normalized spacial score (nSPS) is 19.7. The molecule has 56 heavy (non-hydrogen) atoms. The van der Waals surface area contributed by atoms with Crippen LogP contribution in [-0.2, 0) is 56.4 Å². The Labute approximate surface area is 329 Å². The van der Waals surface area contributed by atoms with E-state index >= 15 is 0 Å². The van der Waals surface area contributed by atoms with Gasteiger partial charge < -0.3 is 52.3 Å². The number of carbonyl (C=O) groups excluding carboxylic acids is 2. The van der Waals surface area contributed by atoms with Crippen molar-refractivity contribution >= 4 is 11.9 Å². The molecule has 3 aromatic carbocycles. The Kier molecular flexibility index (Phi) is 13.9. The van der Waals surface area contributed by atoms with Gasteiger partial charge in [-0.2, -0.15) is 0 Å². The van der Waals surface area contributed by atoms with Crippen molar-refractivity contribution in [2.75, 3.05) is 87.2 Å². The van der Waals surface area contributed by atoms with Crippen molar-refractivity contribution in [2.24, 2.45) is 0 Å². The number of rotatable bonds is 18. The van der Waals surface area contributed by atoms with Crippen LogP contribution >= 0.6 is 0 Å². The molecule has 0 amide bonds. The number of hydrogen-bond acceptors (Lipinski definition) is 11. The first-order valence-electron chi connectivity index (χ1n) is 19.4. The number of aliphatic hydroxyl groups is 2. The summed E-state index contributed by atoms with van der Waals surface area (Å²) in [4.78, 5) is 25.1. The van der Waals surface area contributed by atoms with Gasteiger partial charge >= 0.3 is 11.9 Å². The molecule has 3 aromatic rings. The molecule has 0 unspecified atom stereocenters. The molecular formula is C43H56N2O11+2. The van der Waals surface area contributed by atoms with E-state index in [1.54, 1.807) is 14.2 Å². The fraction of sp³-hybridized carbons (Fsp3) is 0.488. The van der Waals surface area contributed by atoms with E-state index in [1.165, 1.54) is 5.56 Å². The second kappa shape index (κ2) is 19.0. The smallest absolute Gasteiger partial charge is 0.331 e. The summed E-state index contributed by atoms with van der Waals surface area (Å²) in [6.45, 7) is 6.70. The van der Waals surface area contributed by atoms with Crippen molar-refractivity contribution in [3.05, 3.63) is 94.1 Å². The van der Waals surface area contributed by atoms with Gasteiger partial charge in [0.1, 0.15) is 25.7 Å². The van der Waals surface area contributed by atoms with Crippen molar-refractivity contribution in [1.29, 1.82) is 0 Å². The Morgan fingerprint density at radius 3 is 2.14 bits per heavy atom. The second-order valence-corrected chi connectivity index (χ2v) is 15.1. The number of benzene rings is 3. The zero-order valence-corrected chi connectivity index (χ0v) is 32.8. The molecule has 0 saturated carbocycles. The fourth-order valence-corrected chi connectivity index (χ4v) is 8.30. The maximum Gasteiger partial charge on any atom is 0.331 e. The molecule has 3 heterocycles. The Morgan fingerprint density at radius 1 is 0.786 bits per heavy atom. The van der Waals surface area contributed by atoms with Crippen molar-refractivity contribution in [3.8, 4) is 23.0 Å². The quantitative estimate of drug-likeness (QED) is 0.0834. The first-order valence-corrected chi connectivity index (χ1v) is 19.4. The zero-order chi connectivity index (χ0) is 39.5. The Bertz CT molecular complexity index is 1860. The van der Waals surface area contributed by atoms with Crippen LogP contribution in [0, 0.1) is 0 Å². The SMILES string of the molecule is COc1ccc(C[C@@H]2c3cc(CO)c(CO)cc3CC[N@@+]2(C)CCCOC(=O)/C=C\C(=O)OCCC[N+]2(Cc3ccc4c(c3)OCO4)CCOCC2)cc1OC. The van der Waals surface area contributed by atoms with E-state index in [1.807, 2.05) is 42.5 Å². The monoisotopic (exact) mass is 776 g/mol. The van der Waals surface area contributed by atoms with Crippen molar-refractivity contribution in [1.82, 2.24) is 0 Å². The second-order valence-electron chi connectivity index (χ2n) is 15.1. The summed E-state index contributed by atoms with van der Waals surface area (Å²) in [6.07, 6.45) is 5.05. The summed E-state index contributed by atoms with van der Waals surface area (Å²) in [6, 6.07) is 16.1. The predicted octanol–water partition coefficient (Wildman–Crippen LogP) is 4.17. The minimum absolute atomic E-state index is 0.0315. The Hall–Kier alpha value is -4.66. The zero-order valence-electron chi connectivity index (χ0n) is 32.8. The highest BCUT2D eigenvalue weighted by atomic mass is 16.7. The number of methoxy groups -OCH3 is 2. The molecule has 0 aromatic heterocycles. The third-order valence-corrected chi connectivity index (χ3v) is 11.5. The van der Waals surface area contributed by atoms with E-state index in [2.05, 4.69) is 13.1 Å². The topological polar surface area (TPSA) is 139 Å². The van der Waals surface area contributed by atoms with E-state index in [-0.39, 0.29) is 39.3 Å². The van der Waals surface area contributed by atoms with E-state index in [0.717, 1.165) is 102 Å². The molecule has 1 fully saturated rings. The molecule has 0 aliphatic carbocycles. The first kappa shape index (κ1) is 41.0. The van der Waals surface area contributed by atoms with Gasteiger partial charge in [-0.15, -0.1) is 0 Å². The number of aliphatic hydroxyl groups excluding tert-OH is 2. The summed E-state index contributed by atoms with van der Waals surface area (Å²) >= 11 is 0. The van der Waals surface area contributed by atoms with Crippen LogP contribution in [0.5, 0.6) is 23.0 Å². The third-order valence-electron chi connectivity index (χ3n) is 11.5. The van der Waals surface area contributed by atoms with E-state index in [0.29, 0.717) is 48.5 Å². The van der Waals surface area contributed by atoms with Crippen LogP contribution in [0.4, 0.5) is 0 Å². The van der Waals surface area contributed by atoms with Crippen molar-refractivity contribution in [2.45, 2.75) is 51.5 Å². The Morgan fingerprint density at radius 2 is 1.45 bits per heavy atom. The van der Waals surface area contributed by atoms with Gasteiger partial charge in [0.15, 0.2) is 23.0 Å². The van der Waals surface area contributed by atoms with Crippen LogP contribution in [0.25, 0.3) is 0 Å². The summed E-state index contributed by atoms with van der Waals surface area (Å²) in [7, 11) is 5.45. The van der Waals surface area contributed by atoms with Gasteiger partial charge in [-0.05, 0) is 58.7 Å². The number of fused-ring (bicyclic) bond motifs is 2. The molecule has 13 heteroatoms. The molecule has 302 valence electrons. The molecule has 0 spiro atoms. The summed E-state index contributed by atoms with van der Waals surface area (Å²) in [5.41, 5.74) is 6.01. The molecular weight excluding hydrogens is 720 g/mol. The van der Waals surface area contributed by atoms with Gasteiger partial charge in [-0.1, -0.05) is 12.1 Å². The van der Waals surface area contributed by atoms with E-state index in [4.69, 9.17) is 33.2 Å². The minimum atomic E-state index is -0.596. The average molecular weight is 777 g/mol. The summed E-state index contributed by atoms with van der Waals surface area (Å²) in [5.74, 6) is 1.67. The molecule has 0 radical (unpaired) electrons. The number of quaternary nitrogens is 2. The lowest BCUT2D eigenvalue weighted by molar-refractivity contribution is -0.947. The minimum Gasteiger partial charge on any atom is -0.493 e. The summed E-state index contributed by atoms with van der Waals surface area (Å²) < 4.78 is 40.2. The number of morpholine rings is 1. The van der Waals surface area contributed by atoms with Gasteiger partial charge in [0.25, 0.3) is 0 Å². The van der Waals surface area contributed by atoms with Crippen LogP contribution in [0.15, 0.2) is 60.7 Å². The predicted molar refractivity (Wildman–Crippen MR) is 206 cm³/mol. The van der Waals surface area contributed by atoms with Gasteiger partial charge in [0.05, 0.1) is 80.5 Å². The molecule has 0 bridgehead atoms. The molecule has 2 N–H and O–H groups in total. The highest BCUT2D eigenvalue weighted by molar-refractivity contribution is 5.91. The maximum absolute atomic E-state index is 12.6. The molecule has 6 rings (SSSR count). The number of likely N-dealkylation sites (N-methyl/N-ethyl adjacent to an activating group) is 1. The van der Waals surface area contributed by atoms with E-state index in [9.17, 15) is 19.8 Å². The number of hydrogen-bond donors (Lipinski definition) is 2. The standard InChI is InChI=1S/C43H56N2O11/c1-44(15-12-33-25-34(28-46)35(29-47)26-36(33)37(44)22-31-6-8-38(50-2)40(23-31)51-3)13-4-18-53-42(48)10-11-43(49)54-19-5-14-45(16-20-52-21-17-45)27-32-7-9-39-41(24-32)56-30-55-39/h6-11,23-26,37,46-47H,4-5,12-22,27-30H2,1-3H3/q+2/b11-10-/t37-,44-/m1/s1. The van der Waals surface area contributed by atoms with Gasteiger partial charge in [0, 0.05) is 49.0 Å². The molecule has 3 aliphatic heterocycles. The molecule has 2 atom stereocenters. The average Bonchev–Trinajstić information content (AvgIpc) is 3.69. The number of nitrogens with zero attached hydrogens (tertiary/aromatic N) is 2. The largest absolute Gasteiger partial charge is 0.493 e. The number of carbonyl (C=O) groups is 2. The summed E-state index contributed by atoms with van der Waals surface area (Å²) in [5, 5.41) is 20.1. The van der Waals surface area contributed by atoms with E-state index < -0.39 is 11.9 Å². The van der Waals surface area contributed by atoms with Crippen molar-refractivity contribution in [3.63, 3.8) is 0 Å². The van der Waals surface area contributed by atoms with Crippen LogP contribution in [0.3, 0.4) is 0 Å². The van der Waals surface area contributed by atoms with Gasteiger partial charge in [-0.25, -0.2) is 9.59 Å². The van der Waals surface area contributed by atoms with Gasteiger partial charge in [0.2, 0.25) is 6.79 Å². The first-order chi connectivity index (χ1) is 27.2. The third kappa shape index (κ3) is 10.0. The highest BCUT2D eigenvalue weighted by Crippen LogP contribution is 2.40. The lowest BCUT2D eigenvalue weighted by Crippen LogP contribution is -2.55. The number of ether oxygens (including phenoxy) is 7. The number of esters is 2. The van der Waals surface area contributed by atoms with Gasteiger partial charge in [-0.3, -0.25) is 0 Å². The van der Waals surface area contributed by atoms with Crippen LogP contribution in [-0.4, -0.2) is 118 Å². The van der Waals surface area contributed by atoms with Crippen LogP contribution in [0.2, 0.25) is 0 Å². The van der Waals surface area contributed by atoms with Crippen LogP contribution < -0.4 is 18.9 Å². The maximum atomic E-state index is 12.6. The molecule has 1 saturated heterocycles. The van der Waals surface area contributed by atoms with Crippen molar-refractivity contribution < 1.29 is 61.9 Å². The highest BCUT2D eigenvalue weighted by Gasteiger charge is 2.39.